The van der Waals surface area contributed by atoms with Crippen molar-refractivity contribution in [3.8, 4) is 17.3 Å². The number of aromatic nitrogens is 5. The monoisotopic (exact) mass is 496 g/mol. The summed E-state index contributed by atoms with van der Waals surface area (Å²) < 4.78 is 37.2. The van der Waals surface area contributed by atoms with Crippen LogP contribution in [0.1, 0.15) is 25.1 Å². The summed E-state index contributed by atoms with van der Waals surface area (Å²) in [5.74, 6) is 1.97. The summed E-state index contributed by atoms with van der Waals surface area (Å²) in [5.41, 5.74) is 2.54. The highest BCUT2D eigenvalue weighted by Crippen LogP contribution is 2.34. The van der Waals surface area contributed by atoms with Gasteiger partial charge in [-0.25, -0.2) is 8.42 Å². The Bertz CT molecular complexity index is 1250. The zero-order valence-corrected chi connectivity index (χ0v) is 20.8. The highest BCUT2D eigenvalue weighted by molar-refractivity contribution is 7.99. The number of fused-ring (bicyclic) bond motifs is 1. The van der Waals surface area contributed by atoms with E-state index in [1.807, 2.05) is 23.2 Å². The molecule has 1 aromatic carbocycles. The zero-order chi connectivity index (χ0) is 23.0. The Hall–Kier alpha value is -2.08. The molecule has 4 rings (SSSR count). The lowest BCUT2D eigenvalue weighted by Crippen LogP contribution is -2.36. The predicted octanol–water partition coefficient (Wildman–Crippen LogP) is 3.22. The number of ether oxygens (including phenoxy) is 1. The number of methoxy groups -OCH3 is 1. The van der Waals surface area contributed by atoms with Crippen LogP contribution in [0.2, 0.25) is 5.02 Å². The third-order valence-corrected chi connectivity index (χ3v) is 8.47. The first-order valence-electron chi connectivity index (χ1n) is 10.3. The van der Waals surface area contributed by atoms with E-state index in [0.717, 1.165) is 22.2 Å². The summed E-state index contributed by atoms with van der Waals surface area (Å²) in [6, 6.07) is 4.51. The van der Waals surface area contributed by atoms with E-state index in [1.54, 1.807) is 17.8 Å². The van der Waals surface area contributed by atoms with E-state index in [9.17, 15) is 8.42 Å². The molecule has 1 aliphatic heterocycles. The first-order chi connectivity index (χ1) is 15.3. The molecule has 0 spiro atoms. The van der Waals surface area contributed by atoms with Crippen molar-refractivity contribution in [2.75, 3.05) is 19.4 Å². The normalized spacial score (nSPS) is 14.5. The topological polar surface area (TPSA) is 95.1 Å². The number of sulfonamides is 1. The summed E-state index contributed by atoms with van der Waals surface area (Å²) >= 11 is 7.80. The molecule has 0 saturated carbocycles. The van der Waals surface area contributed by atoms with Gasteiger partial charge in [-0.2, -0.15) is 9.40 Å². The molecule has 0 amide bonds. The summed E-state index contributed by atoms with van der Waals surface area (Å²) in [6.45, 7) is 5.36. The van der Waals surface area contributed by atoms with Gasteiger partial charge in [-0.1, -0.05) is 30.3 Å². The fourth-order valence-corrected chi connectivity index (χ4v) is 6.38. The van der Waals surface area contributed by atoms with Gasteiger partial charge in [-0.3, -0.25) is 4.68 Å². The molecule has 9 nitrogen and oxygen atoms in total. The maximum atomic E-state index is 13.4. The number of thioether (sulfide) groups is 1. The van der Waals surface area contributed by atoms with Crippen molar-refractivity contribution in [3.05, 3.63) is 34.5 Å². The van der Waals surface area contributed by atoms with Crippen molar-refractivity contribution in [2.24, 2.45) is 7.05 Å². The summed E-state index contributed by atoms with van der Waals surface area (Å²) in [6.07, 6.45) is 0.554. The maximum Gasteiger partial charge on any atom is 0.243 e. The SMILES string of the molecule is CCSc1nnc(-c2nn(C)c3c2CN(S(=O)(=O)c2ccc(OC)c(Cl)c2)CC3)n1CC. The third kappa shape index (κ3) is 3.91. The molecule has 3 heterocycles. The van der Waals surface area contributed by atoms with Crippen molar-refractivity contribution >= 4 is 33.4 Å². The highest BCUT2D eigenvalue weighted by atomic mass is 35.5. The van der Waals surface area contributed by atoms with E-state index < -0.39 is 10.0 Å². The van der Waals surface area contributed by atoms with Gasteiger partial charge in [0.15, 0.2) is 11.0 Å². The van der Waals surface area contributed by atoms with Crippen LogP contribution in [0.3, 0.4) is 0 Å². The van der Waals surface area contributed by atoms with Gasteiger partial charge in [0.05, 0.1) is 17.0 Å². The molecule has 0 radical (unpaired) electrons. The molecule has 32 heavy (non-hydrogen) atoms. The second-order valence-corrected chi connectivity index (χ2v) is 10.8. The van der Waals surface area contributed by atoms with Crippen molar-refractivity contribution in [3.63, 3.8) is 0 Å². The molecule has 172 valence electrons. The van der Waals surface area contributed by atoms with Crippen LogP contribution >= 0.6 is 23.4 Å². The average molecular weight is 497 g/mol. The van der Waals surface area contributed by atoms with Gasteiger partial charge in [-0.15, -0.1) is 10.2 Å². The van der Waals surface area contributed by atoms with Gasteiger partial charge in [0.25, 0.3) is 0 Å². The first-order valence-corrected chi connectivity index (χ1v) is 13.1. The largest absolute Gasteiger partial charge is 0.495 e. The molecule has 0 N–H and O–H groups in total. The standard InChI is InChI=1S/C20H25ClN6O3S2/c1-5-27-19(22-23-20(27)31-6-2)18-14-12-26(10-9-16(14)25(3)24-18)32(28,29)13-7-8-17(30-4)15(21)11-13/h7-8,11H,5-6,9-10,12H2,1-4H3. The minimum atomic E-state index is -3.75. The zero-order valence-electron chi connectivity index (χ0n) is 18.4. The smallest absolute Gasteiger partial charge is 0.243 e. The lowest BCUT2D eigenvalue weighted by atomic mass is 10.1. The van der Waals surface area contributed by atoms with Crippen molar-refractivity contribution in [1.29, 1.82) is 0 Å². The summed E-state index contributed by atoms with van der Waals surface area (Å²) in [4.78, 5) is 0.135. The molecule has 0 atom stereocenters. The van der Waals surface area contributed by atoms with Crippen LogP contribution in [0.5, 0.6) is 5.75 Å². The van der Waals surface area contributed by atoms with E-state index in [-0.39, 0.29) is 16.5 Å². The van der Waals surface area contributed by atoms with Gasteiger partial charge in [-0.05, 0) is 30.9 Å². The quantitative estimate of drug-likeness (QED) is 0.463. The Morgan fingerprint density at radius 3 is 2.69 bits per heavy atom. The van der Waals surface area contributed by atoms with E-state index in [4.69, 9.17) is 21.4 Å². The molecule has 0 bridgehead atoms. The van der Waals surface area contributed by atoms with Crippen LogP contribution in [0.4, 0.5) is 0 Å². The Morgan fingerprint density at radius 1 is 1.25 bits per heavy atom. The molecular formula is C20H25ClN6O3S2. The first kappa shape index (κ1) is 23.1. The molecule has 1 aliphatic rings. The fraction of sp³-hybridized carbons (Fsp3) is 0.450. The maximum absolute atomic E-state index is 13.4. The van der Waals surface area contributed by atoms with Crippen LogP contribution in [0.15, 0.2) is 28.3 Å². The van der Waals surface area contributed by atoms with Gasteiger partial charge >= 0.3 is 0 Å². The van der Waals surface area contributed by atoms with Gasteiger partial charge in [0.1, 0.15) is 11.4 Å². The fourth-order valence-electron chi connectivity index (χ4n) is 3.89. The molecule has 12 heteroatoms. The van der Waals surface area contributed by atoms with Crippen molar-refractivity contribution in [2.45, 2.75) is 43.4 Å². The van der Waals surface area contributed by atoms with Crippen LogP contribution in [-0.4, -0.2) is 56.7 Å². The number of aryl methyl sites for hydroxylation is 1. The van der Waals surface area contributed by atoms with E-state index in [1.165, 1.54) is 23.5 Å². The molecule has 3 aromatic rings. The molecule has 0 saturated heterocycles. The lowest BCUT2D eigenvalue weighted by Gasteiger charge is -2.27. The minimum absolute atomic E-state index is 0.135. The lowest BCUT2D eigenvalue weighted by molar-refractivity contribution is 0.386. The Balaban J connectivity index is 1.72. The van der Waals surface area contributed by atoms with Gasteiger partial charge in [0.2, 0.25) is 10.0 Å². The van der Waals surface area contributed by atoms with Gasteiger partial charge < -0.3 is 9.30 Å². The molecular weight excluding hydrogens is 472 g/mol. The average Bonchev–Trinajstić information content (AvgIpc) is 3.33. The Kier molecular flexibility index (Phi) is 6.53. The Labute approximate surface area is 196 Å². The number of hydrogen-bond acceptors (Lipinski definition) is 7. The molecule has 0 fully saturated rings. The highest BCUT2D eigenvalue weighted by Gasteiger charge is 2.34. The van der Waals surface area contributed by atoms with Crippen molar-refractivity contribution in [1.82, 2.24) is 28.9 Å². The Morgan fingerprint density at radius 2 is 2.03 bits per heavy atom. The van der Waals surface area contributed by atoms with Crippen LogP contribution < -0.4 is 4.74 Å². The van der Waals surface area contributed by atoms with Crippen LogP contribution in [-0.2, 0) is 36.6 Å². The van der Waals surface area contributed by atoms with Crippen molar-refractivity contribution < 1.29 is 13.2 Å². The number of nitrogens with zero attached hydrogens (tertiary/aromatic N) is 6. The minimum Gasteiger partial charge on any atom is -0.495 e. The number of halogens is 1. The second-order valence-electron chi connectivity index (χ2n) is 7.27. The second kappa shape index (κ2) is 9.05. The molecule has 0 aliphatic carbocycles. The predicted molar refractivity (Wildman–Crippen MR) is 124 cm³/mol. The van der Waals surface area contributed by atoms with E-state index in [2.05, 4.69) is 17.1 Å². The number of benzene rings is 1. The molecule has 0 unspecified atom stereocenters. The number of hydrogen-bond donors (Lipinski definition) is 0. The molecule has 2 aromatic heterocycles. The van der Waals surface area contributed by atoms with Crippen LogP contribution in [0.25, 0.3) is 11.5 Å². The summed E-state index contributed by atoms with van der Waals surface area (Å²) in [7, 11) is -0.382. The van der Waals surface area contributed by atoms with Crippen LogP contribution in [0, 0.1) is 0 Å². The number of rotatable bonds is 7. The third-order valence-electron chi connectivity index (χ3n) is 5.49. The van der Waals surface area contributed by atoms with E-state index in [0.29, 0.717) is 36.8 Å². The summed E-state index contributed by atoms with van der Waals surface area (Å²) in [5, 5.41) is 14.5. The van der Waals surface area contributed by atoms with E-state index >= 15 is 0 Å². The van der Waals surface area contributed by atoms with Gasteiger partial charge in [0, 0.05) is 44.4 Å².